The molecule has 0 N–H and O–H groups in total. The minimum atomic E-state index is 0. The van der Waals surface area contributed by atoms with Crippen LogP contribution in [-0.2, 0) is 39.8 Å². The first-order valence-corrected chi connectivity index (χ1v) is 8.06. The number of fused-ring (bicyclic) bond motifs is 5. The Morgan fingerprint density at radius 2 is 1.72 bits per heavy atom. The first-order valence-electron chi connectivity index (χ1n) is 8.06. The van der Waals surface area contributed by atoms with Gasteiger partial charge in [-0.1, -0.05) is 47.2 Å². The van der Waals surface area contributed by atoms with Gasteiger partial charge in [0.1, 0.15) is 0 Å². The summed E-state index contributed by atoms with van der Waals surface area (Å²) in [6, 6.07) is 26.6. The van der Waals surface area contributed by atoms with Crippen molar-refractivity contribution in [3.63, 3.8) is 0 Å². The van der Waals surface area contributed by atoms with Crippen LogP contribution in [0.25, 0.3) is 43.8 Å². The maximum atomic E-state index is 4.45. The summed E-state index contributed by atoms with van der Waals surface area (Å²) in [5.41, 5.74) is 4.63. The van der Waals surface area contributed by atoms with Crippen LogP contribution in [0.4, 0.5) is 0 Å². The molecular weight excluding hydrogens is 381 g/mol. The molecule has 0 saturated heterocycles. The molecule has 3 aromatic carbocycles. The molecule has 2 nitrogen and oxygen atoms in total. The third-order valence-electron chi connectivity index (χ3n) is 4.75. The Bertz CT molecular complexity index is 1210. The fourth-order valence-electron chi connectivity index (χ4n) is 3.61. The van der Waals surface area contributed by atoms with Crippen molar-refractivity contribution in [1.82, 2.24) is 9.55 Å². The zero-order valence-electron chi connectivity index (χ0n) is 13.9. The summed E-state index contributed by atoms with van der Waals surface area (Å²) in [6.45, 7) is 0. The molecule has 25 heavy (non-hydrogen) atoms. The molecule has 1 radical (unpaired) electrons. The molecule has 2 aromatic heterocycles. The molecule has 117 valence electrons. The Morgan fingerprint density at radius 3 is 2.56 bits per heavy atom. The van der Waals surface area contributed by atoms with Gasteiger partial charge in [-0.15, -0.1) is 23.6 Å². The van der Waals surface area contributed by atoms with Gasteiger partial charge in [-0.05, 0) is 34.7 Å². The molecule has 0 unspecified atom stereocenters. The summed E-state index contributed by atoms with van der Waals surface area (Å²) in [5, 5.41) is 4.88. The predicted octanol–water partition coefficient (Wildman–Crippen LogP) is 5.34. The Labute approximate surface area is 171 Å². The van der Waals surface area contributed by atoms with E-state index < -0.39 is 0 Å². The second kappa shape index (κ2) is 6.36. The van der Waals surface area contributed by atoms with Gasteiger partial charge in [-0.3, -0.25) is 4.98 Å². The minimum Gasteiger partial charge on any atom is -0.361 e. The number of hydrogen-bond acceptors (Lipinski definition) is 1. The number of hydrogen-bond donors (Lipinski definition) is 0. The van der Waals surface area contributed by atoms with Gasteiger partial charge in [0.15, 0.2) is 0 Å². The molecule has 0 spiro atoms. The van der Waals surface area contributed by atoms with Crippen LogP contribution in [-0.4, -0.2) is 9.55 Å². The smallest absolute Gasteiger partial charge is 0.0609 e. The van der Waals surface area contributed by atoms with E-state index in [1.807, 2.05) is 24.4 Å². The number of pyridine rings is 1. The van der Waals surface area contributed by atoms with Crippen molar-refractivity contribution in [2.45, 2.75) is 0 Å². The van der Waals surface area contributed by atoms with Crippen molar-refractivity contribution in [2.75, 3.05) is 0 Å². The first kappa shape index (κ1) is 16.4. The second-order valence-corrected chi connectivity index (χ2v) is 6.10. The van der Waals surface area contributed by atoms with Crippen LogP contribution in [0.2, 0.25) is 0 Å². The Morgan fingerprint density at radius 1 is 0.880 bits per heavy atom. The second-order valence-electron chi connectivity index (χ2n) is 6.10. The van der Waals surface area contributed by atoms with E-state index in [0.29, 0.717) is 0 Å². The van der Waals surface area contributed by atoms with Crippen LogP contribution in [0.5, 0.6) is 0 Å². The summed E-state index contributed by atoms with van der Waals surface area (Å²) in [7, 11) is 2.14. The van der Waals surface area contributed by atoms with Gasteiger partial charge in [0.05, 0.1) is 5.69 Å². The van der Waals surface area contributed by atoms with Gasteiger partial charge >= 0.3 is 0 Å². The van der Waals surface area contributed by atoms with Crippen LogP contribution in [0.3, 0.4) is 0 Å². The van der Waals surface area contributed by atoms with E-state index in [1.54, 1.807) is 0 Å². The van der Waals surface area contributed by atoms with E-state index >= 15 is 0 Å². The molecule has 0 saturated carbocycles. The SMILES string of the molecule is Cn1c2ccccc2c2c[c-]c3cc(-c4ccccn4)ccc3c21.[Y]. The molecular formula is C22H15N2Y-. The molecule has 0 fully saturated rings. The molecule has 5 rings (SSSR count). The van der Waals surface area contributed by atoms with Crippen molar-refractivity contribution >= 4 is 32.6 Å². The van der Waals surface area contributed by atoms with E-state index in [2.05, 4.69) is 71.2 Å². The quantitative estimate of drug-likeness (QED) is 0.350. The fraction of sp³-hybridized carbons (Fsp3) is 0.0455. The number of rotatable bonds is 1. The third-order valence-corrected chi connectivity index (χ3v) is 4.75. The average Bonchev–Trinajstić information content (AvgIpc) is 2.95. The molecule has 0 bridgehead atoms. The number of benzene rings is 3. The van der Waals surface area contributed by atoms with E-state index in [0.717, 1.165) is 16.6 Å². The van der Waals surface area contributed by atoms with Crippen LogP contribution in [0, 0.1) is 6.07 Å². The molecule has 0 aliphatic heterocycles. The molecule has 0 atom stereocenters. The topological polar surface area (TPSA) is 17.8 Å². The zero-order chi connectivity index (χ0) is 16.1. The molecule has 2 heterocycles. The van der Waals surface area contributed by atoms with Gasteiger partial charge in [0.2, 0.25) is 0 Å². The fourth-order valence-corrected chi connectivity index (χ4v) is 3.61. The Kier molecular flexibility index (Phi) is 4.19. The van der Waals surface area contributed by atoms with Crippen LogP contribution < -0.4 is 0 Å². The monoisotopic (exact) mass is 396 g/mol. The summed E-state index contributed by atoms with van der Waals surface area (Å²) < 4.78 is 2.28. The van der Waals surface area contributed by atoms with Gasteiger partial charge < -0.3 is 4.57 Å². The predicted molar refractivity (Wildman–Crippen MR) is 100.0 cm³/mol. The van der Waals surface area contributed by atoms with E-state index in [1.165, 1.54) is 27.2 Å². The van der Waals surface area contributed by atoms with E-state index in [9.17, 15) is 0 Å². The molecule has 0 aliphatic rings. The number of aryl methyl sites for hydroxylation is 1. The van der Waals surface area contributed by atoms with Crippen molar-refractivity contribution in [1.29, 1.82) is 0 Å². The minimum absolute atomic E-state index is 0. The van der Waals surface area contributed by atoms with Crippen LogP contribution >= 0.6 is 0 Å². The van der Waals surface area contributed by atoms with Crippen molar-refractivity contribution in [3.05, 3.63) is 79.0 Å². The van der Waals surface area contributed by atoms with Gasteiger partial charge in [0.25, 0.3) is 0 Å². The van der Waals surface area contributed by atoms with Gasteiger partial charge in [-0.25, -0.2) is 0 Å². The largest absolute Gasteiger partial charge is 0.361 e. The van der Waals surface area contributed by atoms with Gasteiger partial charge in [-0.2, -0.15) is 0 Å². The molecule has 0 amide bonds. The maximum absolute atomic E-state index is 4.45. The maximum Gasteiger partial charge on any atom is 0.0609 e. The Balaban J connectivity index is 0.00000157. The number of aromatic nitrogens is 2. The summed E-state index contributed by atoms with van der Waals surface area (Å²) in [4.78, 5) is 4.45. The van der Waals surface area contributed by atoms with E-state index in [4.69, 9.17) is 0 Å². The van der Waals surface area contributed by atoms with Crippen molar-refractivity contribution in [3.8, 4) is 11.3 Å². The van der Waals surface area contributed by atoms with E-state index in [-0.39, 0.29) is 32.7 Å². The normalized spacial score (nSPS) is 11.1. The summed E-state index contributed by atoms with van der Waals surface area (Å²) in [5.74, 6) is 0. The average molecular weight is 396 g/mol. The number of nitrogens with zero attached hydrogens (tertiary/aromatic N) is 2. The third kappa shape index (κ3) is 2.52. The zero-order valence-corrected chi connectivity index (χ0v) is 16.7. The number of para-hydroxylation sites is 1. The summed E-state index contributed by atoms with van der Waals surface area (Å²) >= 11 is 0. The van der Waals surface area contributed by atoms with Crippen molar-refractivity contribution < 1.29 is 32.7 Å². The standard InChI is InChI=1S/C22H15N2.Y/c1-24-21-8-3-2-6-18(21)19-12-9-15-14-16(10-11-17(15)22(19)24)20-7-4-5-13-23-20;/h2-8,10-14H,1H3;/q-1;. The van der Waals surface area contributed by atoms with Crippen LogP contribution in [0.15, 0.2) is 72.9 Å². The van der Waals surface area contributed by atoms with Crippen LogP contribution in [0.1, 0.15) is 0 Å². The van der Waals surface area contributed by atoms with Gasteiger partial charge in [0, 0.05) is 51.5 Å². The first-order chi connectivity index (χ1) is 11.8. The molecule has 0 aliphatic carbocycles. The summed E-state index contributed by atoms with van der Waals surface area (Å²) in [6.07, 6.45) is 1.83. The molecule has 5 aromatic rings. The van der Waals surface area contributed by atoms with Crippen molar-refractivity contribution in [2.24, 2.45) is 7.05 Å². The molecule has 3 heteroatoms. The Hall–Kier alpha value is -2.03.